The number of aromatic nitrogens is 3. The molecule has 0 aromatic carbocycles. The highest BCUT2D eigenvalue weighted by Crippen LogP contribution is 2.31. The number of hydrogen-bond donors (Lipinski definition) is 1. The van der Waals surface area contributed by atoms with Gasteiger partial charge in [-0.2, -0.15) is 5.10 Å². The van der Waals surface area contributed by atoms with Gasteiger partial charge in [0.25, 0.3) is 5.91 Å². The average molecular weight is 409 g/mol. The van der Waals surface area contributed by atoms with Crippen LogP contribution >= 0.6 is 0 Å². The van der Waals surface area contributed by atoms with E-state index in [1.165, 1.54) is 0 Å². The molecule has 4 rings (SSSR count). The smallest absolute Gasteiger partial charge is 0.255 e. The Morgan fingerprint density at radius 3 is 2.73 bits per heavy atom. The van der Waals surface area contributed by atoms with Crippen molar-refractivity contribution in [3.63, 3.8) is 0 Å². The topological polar surface area (TPSA) is 93.3 Å². The van der Waals surface area contributed by atoms with Gasteiger partial charge in [-0.15, -0.1) is 0 Å². The zero-order chi connectivity index (χ0) is 21.6. The lowest BCUT2D eigenvalue weighted by atomic mass is 10.0. The maximum absolute atomic E-state index is 13.6. The molecule has 2 amide bonds. The van der Waals surface area contributed by atoms with Crippen LogP contribution in [0.25, 0.3) is 22.3 Å². The van der Waals surface area contributed by atoms with Gasteiger partial charge < -0.3 is 14.6 Å². The van der Waals surface area contributed by atoms with E-state index in [0.29, 0.717) is 41.8 Å². The molecule has 0 bridgehead atoms. The quantitative estimate of drug-likeness (QED) is 0.714. The van der Waals surface area contributed by atoms with E-state index in [9.17, 15) is 9.59 Å². The summed E-state index contributed by atoms with van der Waals surface area (Å²) in [6.07, 6.45) is 2.25. The van der Waals surface area contributed by atoms with Crippen LogP contribution in [0.5, 0.6) is 0 Å². The third-order valence-electron chi connectivity index (χ3n) is 5.58. The van der Waals surface area contributed by atoms with Gasteiger partial charge in [0.05, 0.1) is 22.8 Å². The highest BCUT2D eigenvalue weighted by Gasteiger charge is 2.33. The fourth-order valence-electron chi connectivity index (χ4n) is 4.11. The van der Waals surface area contributed by atoms with Gasteiger partial charge in [-0.05, 0) is 46.2 Å². The fourth-order valence-corrected chi connectivity index (χ4v) is 4.11. The molecule has 1 aliphatic rings. The van der Waals surface area contributed by atoms with Gasteiger partial charge >= 0.3 is 0 Å². The Morgan fingerprint density at radius 2 is 2.10 bits per heavy atom. The molecule has 1 unspecified atom stereocenters. The van der Waals surface area contributed by atoms with E-state index in [4.69, 9.17) is 9.40 Å². The monoisotopic (exact) mass is 409 g/mol. The van der Waals surface area contributed by atoms with Crippen LogP contribution in [0.4, 0.5) is 0 Å². The molecule has 0 aliphatic carbocycles. The molecule has 8 nitrogen and oxygen atoms in total. The highest BCUT2D eigenvalue weighted by atomic mass is 16.3. The summed E-state index contributed by atoms with van der Waals surface area (Å²) < 4.78 is 7.51. The Morgan fingerprint density at radius 1 is 1.33 bits per heavy atom. The largest absolute Gasteiger partial charge is 0.466 e. The number of fused-ring (bicyclic) bond motifs is 1. The average Bonchev–Trinajstić information content (AvgIpc) is 3.29. The molecule has 0 spiro atoms. The van der Waals surface area contributed by atoms with Crippen LogP contribution in [-0.4, -0.2) is 50.6 Å². The van der Waals surface area contributed by atoms with Gasteiger partial charge in [-0.1, -0.05) is 6.92 Å². The van der Waals surface area contributed by atoms with Gasteiger partial charge in [0.2, 0.25) is 5.91 Å². The molecule has 1 fully saturated rings. The van der Waals surface area contributed by atoms with Crippen LogP contribution in [0, 0.1) is 13.8 Å². The maximum Gasteiger partial charge on any atom is 0.255 e. The number of amides is 2. The second kappa shape index (κ2) is 7.59. The Labute approximate surface area is 175 Å². The highest BCUT2D eigenvalue weighted by molar-refractivity contribution is 6.08. The predicted octanol–water partition coefficient (Wildman–Crippen LogP) is 3.24. The molecule has 1 atom stereocenters. The Hall–Kier alpha value is -3.16. The SMILES string of the molecule is CCC1C(=O)NCCN1C(=O)c1cc(-c2cc(C)oc2C)nc2c1cnn2C(C)C. The Kier molecular flexibility index (Phi) is 5.09. The molecular weight excluding hydrogens is 382 g/mol. The van der Waals surface area contributed by atoms with Crippen molar-refractivity contribution in [1.29, 1.82) is 0 Å². The number of aryl methyl sites for hydroxylation is 2. The number of furan rings is 1. The number of hydrogen-bond acceptors (Lipinski definition) is 5. The number of rotatable bonds is 4. The summed E-state index contributed by atoms with van der Waals surface area (Å²) in [6.45, 7) is 10.7. The molecule has 1 saturated heterocycles. The lowest BCUT2D eigenvalue weighted by Crippen LogP contribution is -2.56. The zero-order valence-corrected chi connectivity index (χ0v) is 18.0. The van der Waals surface area contributed by atoms with Crippen molar-refractivity contribution in [2.24, 2.45) is 0 Å². The molecule has 0 saturated carbocycles. The molecule has 3 aromatic rings. The van der Waals surface area contributed by atoms with E-state index in [2.05, 4.69) is 10.4 Å². The first-order chi connectivity index (χ1) is 14.3. The van der Waals surface area contributed by atoms with Crippen LogP contribution in [-0.2, 0) is 4.79 Å². The molecule has 0 radical (unpaired) electrons. The molecule has 3 aromatic heterocycles. The van der Waals surface area contributed by atoms with Crippen molar-refractivity contribution in [2.45, 2.75) is 53.1 Å². The third kappa shape index (κ3) is 3.26. The molecule has 8 heteroatoms. The van der Waals surface area contributed by atoms with E-state index in [1.807, 2.05) is 45.4 Å². The Balaban J connectivity index is 1.91. The van der Waals surface area contributed by atoms with Gasteiger partial charge in [0.1, 0.15) is 17.6 Å². The lowest BCUT2D eigenvalue weighted by Gasteiger charge is -2.34. The summed E-state index contributed by atoms with van der Waals surface area (Å²) in [4.78, 5) is 32.5. The summed E-state index contributed by atoms with van der Waals surface area (Å²) in [7, 11) is 0. The minimum absolute atomic E-state index is 0.0875. The van der Waals surface area contributed by atoms with Crippen molar-refractivity contribution >= 4 is 22.8 Å². The minimum Gasteiger partial charge on any atom is -0.466 e. The number of carbonyl (C=O) groups is 2. The number of piperazine rings is 1. The van der Waals surface area contributed by atoms with Crippen LogP contribution < -0.4 is 5.32 Å². The summed E-state index contributed by atoms with van der Waals surface area (Å²) >= 11 is 0. The van der Waals surface area contributed by atoms with Gasteiger partial charge in [-0.3, -0.25) is 9.59 Å². The normalized spacial score (nSPS) is 17.1. The summed E-state index contributed by atoms with van der Waals surface area (Å²) in [5.41, 5.74) is 2.67. The van der Waals surface area contributed by atoms with Crippen LogP contribution in [0.3, 0.4) is 0 Å². The second-order valence-corrected chi connectivity index (χ2v) is 8.02. The summed E-state index contributed by atoms with van der Waals surface area (Å²) in [6, 6.07) is 3.34. The standard InChI is InChI=1S/C22H27N5O3/c1-6-19-21(28)23-7-8-26(19)22(29)16-10-18(15-9-13(4)30-14(15)5)25-20-17(16)11-24-27(20)12(2)3/h9-12,19H,6-8H2,1-5H3,(H,23,28). The summed E-state index contributed by atoms with van der Waals surface area (Å²) in [5, 5.41) is 8.02. The number of pyridine rings is 1. The van der Waals surface area contributed by atoms with Crippen LogP contribution in [0.1, 0.15) is 55.1 Å². The third-order valence-corrected chi connectivity index (χ3v) is 5.58. The van der Waals surface area contributed by atoms with Gasteiger partial charge in [0, 0.05) is 24.7 Å². The first kappa shape index (κ1) is 20.1. The van der Waals surface area contributed by atoms with Crippen LogP contribution in [0.15, 0.2) is 22.7 Å². The first-order valence-electron chi connectivity index (χ1n) is 10.4. The van der Waals surface area contributed by atoms with Crippen molar-refractivity contribution in [3.05, 3.63) is 35.4 Å². The predicted molar refractivity (Wildman–Crippen MR) is 113 cm³/mol. The first-order valence-corrected chi connectivity index (χ1v) is 10.4. The number of carbonyl (C=O) groups excluding carboxylic acids is 2. The molecule has 1 aliphatic heterocycles. The van der Waals surface area contributed by atoms with E-state index in [-0.39, 0.29) is 17.9 Å². The Bertz CT molecular complexity index is 1130. The number of nitrogens with zero attached hydrogens (tertiary/aromatic N) is 4. The van der Waals surface area contributed by atoms with E-state index in [0.717, 1.165) is 17.1 Å². The van der Waals surface area contributed by atoms with Crippen molar-refractivity contribution in [1.82, 2.24) is 25.0 Å². The molecule has 158 valence electrons. The lowest BCUT2D eigenvalue weighted by molar-refractivity contribution is -0.127. The van der Waals surface area contributed by atoms with Crippen LogP contribution in [0.2, 0.25) is 0 Å². The molecule has 30 heavy (non-hydrogen) atoms. The van der Waals surface area contributed by atoms with E-state index >= 15 is 0 Å². The fraction of sp³-hybridized carbons (Fsp3) is 0.455. The molecule has 1 N–H and O–H groups in total. The summed E-state index contributed by atoms with van der Waals surface area (Å²) in [5.74, 6) is 1.25. The van der Waals surface area contributed by atoms with Crippen molar-refractivity contribution < 1.29 is 14.0 Å². The van der Waals surface area contributed by atoms with Crippen molar-refractivity contribution in [2.75, 3.05) is 13.1 Å². The molecule has 4 heterocycles. The second-order valence-electron chi connectivity index (χ2n) is 8.02. The molecular formula is C22H27N5O3. The van der Waals surface area contributed by atoms with Crippen molar-refractivity contribution in [3.8, 4) is 11.3 Å². The maximum atomic E-state index is 13.6. The van der Waals surface area contributed by atoms with Gasteiger partial charge in [0.15, 0.2) is 5.65 Å². The minimum atomic E-state index is -0.476. The van der Waals surface area contributed by atoms with E-state index in [1.54, 1.807) is 17.2 Å². The zero-order valence-electron chi connectivity index (χ0n) is 18.0. The van der Waals surface area contributed by atoms with E-state index < -0.39 is 6.04 Å². The van der Waals surface area contributed by atoms with Gasteiger partial charge in [-0.25, -0.2) is 9.67 Å². The number of nitrogens with one attached hydrogen (secondary N) is 1.